The van der Waals surface area contributed by atoms with E-state index in [4.69, 9.17) is 4.74 Å². The van der Waals surface area contributed by atoms with Gasteiger partial charge in [0.25, 0.3) is 0 Å². The number of hydrogen-bond acceptors (Lipinski definition) is 5. The molecular formula is C26H33FN2O4. The topological polar surface area (TPSA) is 91.2 Å². The lowest BCUT2D eigenvalue weighted by Crippen LogP contribution is -2.45. The number of aromatic hydroxyl groups is 1. The second kappa shape index (κ2) is 10.3. The van der Waals surface area contributed by atoms with E-state index in [1.54, 1.807) is 18.4 Å². The standard InChI is InChI=1S/C26H33FN2O4/c1-16(30)29-22(13-17-5-7-23(31)20(27)12-17)24(32)15-28-21-9-10-33-25-8-6-18(11-19(21)25)14-26(2,3)4/h5-12,19,22,24-25,31-32H,13-15H2,1-4H3,(H,29,30). The minimum atomic E-state index is -0.981. The smallest absolute Gasteiger partial charge is 0.217 e. The highest BCUT2D eigenvalue weighted by molar-refractivity contribution is 5.99. The summed E-state index contributed by atoms with van der Waals surface area (Å²) in [4.78, 5) is 16.4. The molecule has 1 aromatic rings. The molecule has 1 heterocycles. The van der Waals surface area contributed by atoms with Crippen molar-refractivity contribution in [3.8, 4) is 5.75 Å². The van der Waals surface area contributed by atoms with Crippen LogP contribution in [0, 0.1) is 17.2 Å². The molecule has 178 valence electrons. The molecule has 2 aliphatic rings. The van der Waals surface area contributed by atoms with Crippen molar-refractivity contribution in [2.45, 2.75) is 58.8 Å². The van der Waals surface area contributed by atoms with E-state index in [9.17, 15) is 19.4 Å². The summed E-state index contributed by atoms with van der Waals surface area (Å²) in [6.45, 7) is 8.01. The maximum absolute atomic E-state index is 13.7. The molecule has 4 atom stereocenters. The fourth-order valence-electron chi connectivity index (χ4n) is 4.10. The molecular weight excluding hydrogens is 423 g/mol. The minimum Gasteiger partial charge on any atom is -0.505 e. The largest absolute Gasteiger partial charge is 0.505 e. The zero-order valence-corrected chi connectivity index (χ0v) is 19.6. The Morgan fingerprint density at radius 1 is 1.30 bits per heavy atom. The summed E-state index contributed by atoms with van der Waals surface area (Å²) in [5.74, 6) is -1.53. The molecule has 0 aromatic heterocycles. The number of amides is 1. The lowest BCUT2D eigenvalue weighted by Gasteiger charge is -2.31. The van der Waals surface area contributed by atoms with Gasteiger partial charge in [-0.1, -0.05) is 44.6 Å². The number of phenols is 1. The van der Waals surface area contributed by atoms with Crippen LogP contribution < -0.4 is 5.32 Å². The summed E-state index contributed by atoms with van der Waals surface area (Å²) < 4.78 is 19.5. The number of aliphatic imine (C=N–C) groups is 1. The number of halogens is 1. The summed E-state index contributed by atoms with van der Waals surface area (Å²) in [7, 11) is 0. The minimum absolute atomic E-state index is 0.0463. The van der Waals surface area contributed by atoms with Crippen LogP contribution in [0.3, 0.4) is 0 Å². The summed E-state index contributed by atoms with van der Waals surface area (Å²) in [5.41, 5.74) is 2.73. The molecule has 4 unspecified atom stereocenters. The van der Waals surface area contributed by atoms with Gasteiger partial charge in [-0.3, -0.25) is 9.79 Å². The van der Waals surface area contributed by atoms with Crippen molar-refractivity contribution < 1.29 is 24.1 Å². The number of allylic oxidation sites excluding steroid dienone is 3. The van der Waals surface area contributed by atoms with Crippen LogP contribution in [-0.2, 0) is 16.0 Å². The Hall–Kier alpha value is -2.93. The summed E-state index contributed by atoms with van der Waals surface area (Å²) in [6.07, 6.45) is 9.75. The van der Waals surface area contributed by atoms with Gasteiger partial charge in [0.2, 0.25) is 5.91 Å². The van der Waals surface area contributed by atoms with Gasteiger partial charge in [-0.25, -0.2) is 4.39 Å². The van der Waals surface area contributed by atoms with Crippen LogP contribution in [0.25, 0.3) is 0 Å². The maximum atomic E-state index is 13.7. The molecule has 0 radical (unpaired) electrons. The Labute approximate surface area is 194 Å². The van der Waals surface area contributed by atoms with E-state index >= 15 is 0 Å². The molecule has 3 N–H and O–H groups in total. The molecule has 3 rings (SSSR count). The number of hydrogen-bond donors (Lipinski definition) is 3. The normalized spacial score (nSPS) is 22.8. The summed E-state index contributed by atoms with van der Waals surface area (Å²) in [5, 5.41) is 23.0. The first kappa shape index (κ1) is 24.7. The average molecular weight is 457 g/mol. The third-order valence-electron chi connectivity index (χ3n) is 5.58. The Bertz CT molecular complexity index is 990. The van der Waals surface area contributed by atoms with Gasteiger partial charge >= 0.3 is 0 Å². The van der Waals surface area contributed by atoms with Crippen LogP contribution in [0.4, 0.5) is 4.39 Å². The summed E-state index contributed by atoms with van der Waals surface area (Å²) in [6, 6.07) is 3.36. The number of rotatable bonds is 7. The zero-order valence-electron chi connectivity index (χ0n) is 19.6. The predicted molar refractivity (Wildman–Crippen MR) is 126 cm³/mol. The van der Waals surface area contributed by atoms with Crippen molar-refractivity contribution in [2.75, 3.05) is 6.54 Å². The van der Waals surface area contributed by atoms with E-state index in [1.165, 1.54) is 24.6 Å². The highest BCUT2D eigenvalue weighted by atomic mass is 19.1. The highest BCUT2D eigenvalue weighted by Crippen LogP contribution is 2.32. The number of fused-ring (bicyclic) bond motifs is 1. The number of nitrogens with one attached hydrogen (secondary N) is 1. The van der Waals surface area contributed by atoms with Crippen molar-refractivity contribution in [3.63, 3.8) is 0 Å². The molecule has 1 aliphatic heterocycles. The Morgan fingerprint density at radius 3 is 2.73 bits per heavy atom. The van der Waals surface area contributed by atoms with Gasteiger partial charge in [-0.15, -0.1) is 0 Å². The number of nitrogens with zero attached hydrogens (tertiary/aromatic N) is 1. The van der Waals surface area contributed by atoms with Gasteiger partial charge in [0.15, 0.2) is 11.6 Å². The van der Waals surface area contributed by atoms with E-state index in [2.05, 4.69) is 43.2 Å². The number of carbonyl (C=O) groups excluding carboxylic acids is 1. The Kier molecular flexibility index (Phi) is 7.74. The van der Waals surface area contributed by atoms with Crippen molar-refractivity contribution in [3.05, 3.63) is 65.7 Å². The molecule has 1 amide bonds. The van der Waals surface area contributed by atoms with Gasteiger partial charge < -0.3 is 20.3 Å². The zero-order chi connectivity index (χ0) is 24.2. The lowest BCUT2D eigenvalue weighted by molar-refractivity contribution is -0.120. The van der Waals surface area contributed by atoms with Gasteiger partial charge in [0.05, 0.1) is 30.9 Å². The van der Waals surface area contributed by atoms with E-state index < -0.39 is 23.7 Å². The monoisotopic (exact) mass is 456 g/mol. The number of phenolic OH excluding ortho intramolecular Hbond substituents is 1. The first-order chi connectivity index (χ1) is 15.5. The lowest BCUT2D eigenvalue weighted by atomic mass is 9.81. The third-order valence-corrected chi connectivity index (χ3v) is 5.58. The molecule has 0 bridgehead atoms. The Morgan fingerprint density at radius 2 is 2.06 bits per heavy atom. The maximum Gasteiger partial charge on any atom is 0.217 e. The van der Waals surface area contributed by atoms with Crippen molar-refractivity contribution >= 4 is 11.6 Å². The van der Waals surface area contributed by atoms with E-state index in [0.717, 1.165) is 12.1 Å². The number of aliphatic hydroxyl groups excluding tert-OH is 1. The van der Waals surface area contributed by atoms with E-state index in [1.807, 2.05) is 6.08 Å². The van der Waals surface area contributed by atoms with Crippen molar-refractivity contribution in [1.29, 1.82) is 0 Å². The molecule has 7 heteroatoms. The fourth-order valence-corrected chi connectivity index (χ4v) is 4.10. The van der Waals surface area contributed by atoms with E-state index in [-0.39, 0.29) is 36.3 Å². The fraction of sp³-hybridized carbons (Fsp3) is 0.462. The molecule has 6 nitrogen and oxygen atoms in total. The summed E-state index contributed by atoms with van der Waals surface area (Å²) >= 11 is 0. The number of aliphatic hydroxyl groups is 1. The first-order valence-electron chi connectivity index (χ1n) is 11.2. The van der Waals surface area contributed by atoms with Crippen LogP contribution in [0.15, 0.2) is 59.3 Å². The quantitative estimate of drug-likeness (QED) is 0.581. The van der Waals surface area contributed by atoms with E-state index in [0.29, 0.717) is 5.56 Å². The molecule has 1 aliphatic carbocycles. The molecule has 1 aromatic carbocycles. The average Bonchev–Trinajstić information content (AvgIpc) is 2.72. The van der Waals surface area contributed by atoms with Gasteiger partial charge in [0.1, 0.15) is 6.10 Å². The number of ether oxygens (including phenoxy) is 1. The molecule has 33 heavy (non-hydrogen) atoms. The molecule has 0 spiro atoms. The number of carbonyl (C=O) groups is 1. The SMILES string of the molecule is CC(=O)NC(Cc1ccc(O)c(F)c1)C(O)CN=C1C=COC2C=CC(CC(C)(C)C)=CC12. The first-order valence-corrected chi connectivity index (χ1v) is 11.2. The second-order valence-corrected chi connectivity index (χ2v) is 9.90. The molecule has 0 saturated carbocycles. The predicted octanol–water partition coefficient (Wildman–Crippen LogP) is 3.84. The van der Waals surface area contributed by atoms with Crippen molar-refractivity contribution in [1.82, 2.24) is 5.32 Å². The highest BCUT2D eigenvalue weighted by Gasteiger charge is 2.30. The molecule has 0 saturated heterocycles. The van der Waals surface area contributed by atoms with Crippen LogP contribution in [-0.4, -0.2) is 46.6 Å². The van der Waals surface area contributed by atoms with Gasteiger partial charge in [-0.05, 0) is 48.1 Å². The second-order valence-electron chi connectivity index (χ2n) is 9.90. The van der Waals surface area contributed by atoms with Crippen LogP contribution >= 0.6 is 0 Å². The van der Waals surface area contributed by atoms with Crippen LogP contribution in [0.1, 0.15) is 39.7 Å². The van der Waals surface area contributed by atoms with Gasteiger partial charge in [0, 0.05) is 12.6 Å². The van der Waals surface area contributed by atoms with Gasteiger partial charge in [-0.2, -0.15) is 0 Å². The third kappa shape index (κ3) is 7.02. The molecule has 0 fully saturated rings. The van der Waals surface area contributed by atoms with Crippen molar-refractivity contribution in [2.24, 2.45) is 16.3 Å². The van der Waals surface area contributed by atoms with Crippen LogP contribution in [0.5, 0.6) is 5.75 Å². The Balaban J connectivity index is 1.74. The van der Waals surface area contributed by atoms with Crippen LogP contribution in [0.2, 0.25) is 0 Å². The number of benzene rings is 1.